The minimum Gasteiger partial charge on any atom is -0.493 e. The van der Waals surface area contributed by atoms with Crippen LogP contribution >= 0.6 is 0 Å². The fourth-order valence-corrected chi connectivity index (χ4v) is 2.62. The molecule has 7 nitrogen and oxygen atoms in total. The highest BCUT2D eigenvalue weighted by Gasteiger charge is 2.22. The molecule has 1 aromatic heterocycles. The second-order valence-corrected chi connectivity index (χ2v) is 6.79. The first-order valence-corrected chi connectivity index (χ1v) is 8.67. The molecule has 0 bridgehead atoms. The lowest BCUT2D eigenvalue weighted by atomic mass is 10.0. The lowest BCUT2D eigenvalue weighted by molar-refractivity contribution is 0.103. The second kappa shape index (κ2) is 6.74. The van der Waals surface area contributed by atoms with Gasteiger partial charge in [-0.1, -0.05) is 19.1 Å². The molecule has 0 aliphatic heterocycles. The van der Waals surface area contributed by atoms with Gasteiger partial charge in [0.2, 0.25) is 20.8 Å². The molecule has 2 N–H and O–H groups in total. The number of rotatable bonds is 6. The van der Waals surface area contributed by atoms with Gasteiger partial charge >= 0.3 is 0 Å². The van der Waals surface area contributed by atoms with Gasteiger partial charge in [-0.3, -0.25) is 4.79 Å². The summed E-state index contributed by atoms with van der Waals surface area (Å²) in [7, 11) is -3.58. The Bertz CT molecular complexity index is 834. The molecule has 0 unspecified atom stereocenters. The van der Waals surface area contributed by atoms with E-state index in [2.05, 4.69) is 9.97 Å². The van der Waals surface area contributed by atoms with Crippen LogP contribution in [-0.4, -0.2) is 36.5 Å². The average molecular weight is 335 g/mol. The largest absolute Gasteiger partial charge is 0.493 e. The summed E-state index contributed by atoms with van der Waals surface area (Å²) >= 11 is 0. The van der Waals surface area contributed by atoms with E-state index in [0.717, 1.165) is 6.20 Å². The van der Waals surface area contributed by atoms with Crippen LogP contribution in [0, 0.1) is 0 Å². The van der Waals surface area contributed by atoms with Crippen molar-refractivity contribution in [1.82, 2.24) is 9.97 Å². The molecule has 23 heavy (non-hydrogen) atoms. The minimum absolute atomic E-state index is 0.0345. The van der Waals surface area contributed by atoms with Crippen LogP contribution in [0.1, 0.15) is 29.8 Å². The highest BCUT2D eigenvalue weighted by atomic mass is 32.2. The van der Waals surface area contributed by atoms with Gasteiger partial charge in [0.1, 0.15) is 11.6 Å². The average Bonchev–Trinajstić information content (AvgIpc) is 2.55. The van der Waals surface area contributed by atoms with Gasteiger partial charge < -0.3 is 10.5 Å². The molecule has 0 amide bonds. The first-order valence-electron chi connectivity index (χ1n) is 7.02. The zero-order valence-electron chi connectivity index (χ0n) is 12.8. The maximum absolute atomic E-state index is 12.6. The zero-order valence-corrected chi connectivity index (χ0v) is 13.6. The summed E-state index contributed by atoms with van der Waals surface area (Å²) in [6.07, 6.45) is 1.13. The molecular formula is C15H17N3O4S. The van der Waals surface area contributed by atoms with Crippen molar-refractivity contribution in [2.75, 3.05) is 18.1 Å². The van der Waals surface area contributed by atoms with Crippen LogP contribution in [0.4, 0.5) is 5.82 Å². The maximum atomic E-state index is 12.6. The van der Waals surface area contributed by atoms with E-state index in [9.17, 15) is 13.2 Å². The number of para-hydroxylation sites is 1. The lowest BCUT2D eigenvalue weighted by Gasteiger charge is -2.10. The van der Waals surface area contributed by atoms with Gasteiger partial charge in [-0.2, -0.15) is 0 Å². The summed E-state index contributed by atoms with van der Waals surface area (Å²) in [6.45, 7) is 3.69. The molecule has 0 aliphatic carbocycles. The van der Waals surface area contributed by atoms with Crippen molar-refractivity contribution in [2.24, 2.45) is 0 Å². The van der Waals surface area contributed by atoms with Gasteiger partial charge in [0.25, 0.3) is 0 Å². The molecule has 0 spiro atoms. The lowest BCUT2D eigenvalue weighted by Crippen LogP contribution is -2.14. The fraction of sp³-hybridized carbons (Fsp3) is 0.267. The molecule has 0 radical (unpaired) electrons. The first-order chi connectivity index (χ1) is 10.9. The van der Waals surface area contributed by atoms with Gasteiger partial charge in [0, 0.05) is 6.20 Å². The number of hydrogen-bond acceptors (Lipinski definition) is 7. The monoisotopic (exact) mass is 335 g/mol. The fourth-order valence-electron chi connectivity index (χ4n) is 1.91. The minimum atomic E-state index is -3.58. The molecule has 2 aromatic rings. The van der Waals surface area contributed by atoms with Crippen LogP contribution in [0.15, 0.2) is 35.6 Å². The third-order valence-corrected chi connectivity index (χ3v) is 4.64. The number of sulfone groups is 1. The van der Waals surface area contributed by atoms with Gasteiger partial charge in [0.05, 0.1) is 23.5 Å². The highest BCUT2D eigenvalue weighted by molar-refractivity contribution is 7.91. The van der Waals surface area contributed by atoms with Crippen LogP contribution in [0.3, 0.4) is 0 Å². The predicted molar refractivity (Wildman–Crippen MR) is 85.2 cm³/mol. The van der Waals surface area contributed by atoms with Crippen LogP contribution in [0.2, 0.25) is 0 Å². The smallest absolute Gasteiger partial charge is 0.249 e. The summed E-state index contributed by atoms with van der Waals surface area (Å²) < 4.78 is 28.9. The van der Waals surface area contributed by atoms with E-state index >= 15 is 0 Å². The van der Waals surface area contributed by atoms with E-state index in [1.54, 1.807) is 24.3 Å². The van der Waals surface area contributed by atoms with Crippen molar-refractivity contribution in [3.63, 3.8) is 0 Å². The maximum Gasteiger partial charge on any atom is 0.249 e. The molecule has 2 rings (SSSR count). The molecule has 0 saturated carbocycles. The number of aromatic nitrogens is 2. The summed E-state index contributed by atoms with van der Waals surface area (Å²) in [5, 5.41) is -0.382. The zero-order chi connectivity index (χ0) is 17.0. The Balaban J connectivity index is 2.45. The normalized spacial score (nSPS) is 11.2. The second-order valence-electron chi connectivity index (χ2n) is 4.61. The quantitative estimate of drug-likeness (QED) is 0.628. The van der Waals surface area contributed by atoms with Crippen LogP contribution in [-0.2, 0) is 9.84 Å². The molecular weight excluding hydrogens is 318 g/mol. The van der Waals surface area contributed by atoms with E-state index < -0.39 is 15.6 Å². The number of carbonyl (C=O) groups is 1. The van der Waals surface area contributed by atoms with Crippen molar-refractivity contribution in [3.8, 4) is 5.75 Å². The molecule has 8 heteroatoms. The van der Waals surface area contributed by atoms with Gasteiger partial charge in [-0.15, -0.1) is 0 Å². The van der Waals surface area contributed by atoms with Gasteiger partial charge in [-0.05, 0) is 19.1 Å². The number of ketones is 1. The molecule has 1 aromatic carbocycles. The van der Waals surface area contributed by atoms with Crippen LogP contribution in [0.25, 0.3) is 0 Å². The van der Waals surface area contributed by atoms with Crippen molar-refractivity contribution in [2.45, 2.75) is 19.0 Å². The third kappa shape index (κ3) is 3.48. The molecule has 1 heterocycles. The number of hydrogen-bond donors (Lipinski definition) is 1. The topological polar surface area (TPSA) is 112 Å². The summed E-state index contributed by atoms with van der Waals surface area (Å²) in [5.41, 5.74) is 6.11. The van der Waals surface area contributed by atoms with Crippen molar-refractivity contribution in [3.05, 3.63) is 41.6 Å². The SMILES string of the molecule is CCOc1ccccc1C(=O)c1cnc(S(=O)(=O)CC)nc1N. The standard InChI is InChI=1S/C15H17N3O4S/c1-3-22-12-8-6-5-7-10(12)13(19)11-9-17-15(18-14(11)16)23(20,21)4-2/h5-9H,3-4H2,1-2H3,(H2,16,17,18). The van der Waals surface area contributed by atoms with E-state index in [1.807, 2.05) is 6.92 Å². The molecule has 122 valence electrons. The van der Waals surface area contributed by atoms with E-state index in [4.69, 9.17) is 10.5 Å². The van der Waals surface area contributed by atoms with Crippen molar-refractivity contribution < 1.29 is 17.9 Å². The molecule has 0 atom stereocenters. The number of carbonyl (C=O) groups excluding carboxylic acids is 1. The number of ether oxygens (including phenoxy) is 1. The first kappa shape index (κ1) is 16.9. The van der Waals surface area contributed by atoms with Crippen LogP contribution in [0.5, 0.6) is 5.75 Å². The Morgan fingerprint density at radius 3 is 2.52 bits per heavy atom. The van der Waals surface area contributed by atoms with Gasteiger partial charge in [-0.25, -0.2) is 18.4 Å². The number of nitrogen functional groups attached to an aromatic ring is 1. The number of nitrogens with two attached hydrogens (primary N) is 1. The van der Waals surface area contributed by atoms with Crippen molar-refractivity contribution >= 4 is 21.4 Å². The summed E-state index contributed by atoms with van der Waals surface area (Å²) in [4.78, 5) is 20.1. The van der Waals surface area contributed by atoms with Gasteiger partial charge in [0.15, 0.2) is 0 Å². The number of anilines is 1. The Kier molecular flexibility index (Phi) is 4.95. The Hall–Kier alpha value is -2.48. The van der Waals surface area contributed by atoms with Crippen LogP contribution < -0.4 is 10.5 Å². The number of benzene rings is 1. The Labute approximate surface area is 134 Å². The molecule has 0 saturated heterocycles. The predicted octanol–water partition coefficient (Wildman–Crippen LogP) is 1.48. The summed E-state index contributed by atoms with van der Waals surface area (Å²) in [6, 6.07) is 6.72. The molecule has 0 fully saturated rings. The highest BCUT2D eigenvalue weighted by Crippen LogP contribution is 2.23. The summed E-state index contributed by atoms with van der Waals surface area (Å²) in [5.74, 6) is -0.327. The molecule has 0 aliphatic rings. The van der Waals surface area contributed by atoms with E-state index in [0.29, 0.717) is 17.9 Å². The third-order valence-electron chi connectivity index (χ3n) is 3.13. The number of nitrogens with zero attached hydrogens (tertiary/aromatic N) is 2. The van der Waals surface area contributed by atoms with E-state index in [-0.39, 0.29) is 22.3 Å². The van der Waals surface area contributed by atoms with Crippen molar-refractivity contribution in [1.29, 1.82) is 0 Å². The van der Waals surface area contributed by atoms with E-state index in [1.165, 1.54) is 6.92 Å². The Morgan fingerprint density at radius 2 is 1.91 bits per heavy atom. The Morgan fingerprint density at radius 1 is 1.22 bits per heavy atom.